The fraction of sp³-hybridized carbons (Fsp3) is 0.462. The van der Waals surface area contributed by atoms with Crippen LogP contribution in [0.15, 0.2) is 18.2 Å². The Morgan fingerprint density at radius 3 is 2.75 bits per heavy atom. The molecule has 0 spiro atoms. The lowest BCUT2D eigenvalue weighted by Gasteiger charge is -2.19. The van der Waals surface area contributed by atoms with Crippen molar-refractivity contribution < 1.29 is 22.7 Å². The predicted molar refractivity (Wildman–Crippen MR) is 68.0 cm³/mol. The third-order valence-corrected chi connectivity index (χ3v) is 3.58. The van der Waals surface area contributed by atoms with Gasteiger partial charge in [-0.05, 0) is 24.6 Å². The van der Waals surface area contributed by atoms with Crippen LogP contribution in [0, 0.1) is 0 Å². The summed E-state index contributed by atoms with van der Waals surface area (Å²) in [5, 5.41) is 0.487. The normalized spacial score (nSPS) is 19.2. The lowest BCUT2D eigenvalue weighted by molar-refractivity contribution is -0.184. The summed E-state index contributed by atoms with van der Waals surface area (Å²) in [7, 11) is 1.49. The fourth-order valence-corrected chi connectivity index (χ4v) is 2.58. The fourth-order valence-electron chi connectivity index (χ4n) is 2.40. The van der Waals surface area contributed by atoms with Crippen LogP contribution in [0.1, 0.15) is 17.9 Å². The van der Waals surface area contributed by atoms with E-state index in [4.69, 9.17) is 16.3 Å². The van der Waals surface area contributed by atoms with E-state index in [-0.39, 0.29) is 19.0 Å². The third kappa shape index (κ3) is 3.00. The first-order valence-electron chi connectivity index (χ1n) is 6.02. The average Bonchev–Trinajstić information content (AvgIpc) is 2.86. The van der Waals surface area contributed by atoms with Gasteiger partial charge in [0.15, 0.2) is 0 Å². The minimum absolute atomic E-state index is 0.0229. The molecule has 1 aliphatic heterocycles. The number of alkyl halides is 3. The number of carbonyl (C=O) groups is 1. The largest absolute Gasteiger partial charge is 0.496 e. The van der Waals surface area contributed by atoms with Crippen LogP contribution in [0.5, 0.6) is 5.75 Å². The number of methoxy groups -OCH3 is 1. The Balaban J connectivity index is 2.18. The minimum atomic E-state index is -4.83. The highest BCUT2D eigenvalue weighted by Gasteiger charge is 2.44. The SMILES string of the molecule is COc1ccc(Cl)cc1C1CCN(C(=O)C(F)(F)F)C1. The second-order valence-electron chi connectivity index (χ2n) is 4.62. The lowest BCUT2D eigenvalue weighted by Crippen LogP contribution is -2.39. The van der Waals surface area contributed by atoms with Crippen LogP contribution >= 0.6 is 11.6 Å². The summed E-state index contributed by atoms with van der Waals surface area (Å²) in [6, 6.07) is 5.00. The average molecular weight is 308 g/mol. The molecule has 0 bridgehead atoms. The van der Waals surface area contributed by atoms with Crippen molar-refractivity contribution in [3.8, 4) is 5.75 Å². The smallest absolute Gasteiger partial charge is 0.471 e. The number of amides is 1. The number of halogens is 4. The molecule has 1 amide bonds. The van der Waals surface area contributed by atoms with Gasteiger partial charge in [0, 0.05) is 29.6 Å². The maximum atomic E-state index is 12.4. The van der Waals surface area contributed by atoms with Crippen LogP contribution in [0.2, 0.25) is 5.02 Å². The molecule has 1 fully saturated rings. The second-order valence-corrected chi connectivity index (χ2v) is 5.06. The summed E-state index contributed by atoms with van der Waals surface area (Å²) in [6.45, 7) is 0.105. The van der Waals surface area contributed by atoms with Crippen molar-refractivity contribution in [1.29, 1.82) is 0 Å². The van der Waals surface area contributed by atoms with Gasteiger partial charge in [0.2, 0.25) is 0 Å². The Labute approximate surface area is 119 Å². The van der Waals surface area contributed by atoms with E-state index in [2.05, 4.69) is 0 Å². The maximum absolute atomic E-state index is 12.4. The van der Waals surface area contributed by atoms with E-state index in [1.54, 1.807) is 18.2 Å². The van der Waals surface area contributed by atoms with E-state index in [9.17, 15) is 18.0 Å². The van der Waals surface area contributed by atoms with E-state index < -0.39 is 12.1 Å². The van der Waals surface area contributed by atoms with Gasteiger partial charge in [0.25, 0.3) is 0 Å². The summed E-state index contributed by atoms with van der Waals surface area (Å²) in [4.78, 5) is 12.0. The van der Waals surface area contributed by atoms with Crippen molar-refractivity contribution in [2.45, 2.75) is 18.5 Å². The Hall–Kier alpha value is -1.43. The predicted octanol–water partition coefficient (Wildman–Crippen LogP) is 3.23. The van der Waals surface area contributed by atoms with Gasteiger partial charge in [-0.25, -0.2) is 0 Å². The topological polar surface area (TPSA) is 29.5 Å². The highest BCUT2D eigenvalue weighted by Crippen LogP contribution is 2.36. The second kappa shape index (κ2) is 5.52. The molecule has 3 nitrogen and oxygen atoms in total. The molecule has 7 heteroatoms. The number of nitrogens with zero attached hydrogens (tertiary/aromatic N) is 1. The van der Waals surface area contributed by atoms with Crippen LogP contribution in [0.3, 0.4) is 0 Å². The number of ether oxygens (including phenoxy) is 1. The summed E-state index contributed by atoms with van der Waals surface area (Å²) < 4.78 is 42.4. The number of hydrogen-bond acceptors (Lipinski definition) is 2. The maximum Gasteiger partial charge on any atom is 0.471 e. The quantitative estimate of drug-likeness (QED) is 0.839. The van der Waals surface area contributed by atoms with Gasteiger partial charge in [0.05, 0.1) is 7.11 Å². The molecule has 110 valence electrons. The zero-order valence-corrected chi connectivity index (χ0v) is 11.5. The van der Waals surface area contributed by atoms with Crippen molar-refractivity contribution >= 4 is 17.5 Å². The van der Waals surface area contributed by atoms with Crippen LogP contribution in [0.4, 0.5) is 13.2 Å². The Morgan fingerprint density at radius 1 is 1.45 bits per heavy atom. The molecule has 0 saturated carbocycles. The molecule has 2 rings (SSSR count). The minimum Gasteiger partial charge on any atom is -0.496 e. The van der Waals surface area contributed by atoms with Gasteiger partial charge in [-0.1, -0.05) is 11.6 Å². The number of rotatable bonds is 2. The van der Waals surface area contributed by atoms with Crippen LogP contribution < -0.4 is 4.74 Å². The van der Waals surface area contributed by atoms with Crippen molar-refractivity contribution in [2.75, 3.05) is 20.2 Å². The Kier molecular flexibility index (Phi) is 4.13. The number of hydrogen-bond donors (Lipinski definition) is 0. The zero-order valence-electron chi connectivity index (χ0n) is 10.7. The van der Waals surface area contributed by atoms with E-state index in [0.717, 1.165) is 10.5 Å². The van der Waals surface area contributed by atoms with Crippen molar-refractivity contribution in [3.63, 3.8) is 0 Å². The first-order chi connectivity index (χ1) is 9.32. The summed E-state index contributed by atoms with van der Waals surface area (Å²) in [6.07, 6.45) is -4.37. The molecule has 0 aromatic heterocycles. The summed E-state index contributed by atoms with van der Waals surface area (Å²) in [5.74, 6) is -1.42. The van der Waals surface area contributed by atoms with E-state index in [0.29, 0.717) is 17.2 Å². The number of likely N-dealkylation sites (tertiary alicyclic amines) is 1. The Morgan fingerprint density at radius 2 is 2.15 bits per heavy atom. The summed E-state index contributed by atoms with van der Waals surface area (Å²) in [5.41, 5.74) is 0.734. The van der Waals surface area contributed by atoms with Crippen molar-refractivity contribution in [3.05, 3.63) is 28.8 Å². The van der Waals surface area contributed by atoms with Crippen LogP contribution in [0.25, 0.3) is 0 Å². The van der Waals surface area contributed by atoms with Crippen molar-refractivity contribution in [1.82, 2.24) is 4.90 Å². The highest BCUT2D eigenvalue weighted by molar-refractivity contribution is 6.30. The molecular formula is C13H13ClF3NO2. The molecule has 1 unspecified atom stereocenters. The van der Waals surface area contributed by atoms with Gasteiger partial charge >= 0.3 is 12.1 Å². The molecular weight excluding hydrogens is 295 g/mol. The molecule has 0 N–H and O–H groups in total. The number of benzene rings is 1. The van der Waals surface area contributed by atoms with Gasteiger partial charge in [-0.3, -0.25) is 4.79 Å². The molecule has 1 aromatic rings. The first kappa shape index (κ1) is 15.0. The molecule has 20 heavy (non-hydrogen) atoms. The third-order valence-electron chi connectivity index (χ3n) is 3.35. The molecule has 1 saturated heterocycles. The molecule has 0 radical (unpaired) electrons. The molecule has 0 aliphatic carbocycles. The van der Waals surface area contributed by atoms with Gasteiger partial charge in [-0.2, -0.15) is 13.2 Å². The molecule has 1 aromatic carbocycles. The standard InChI is InChI=1S/C13H13ClF3NO2/c1-20-11-3-2-9(14)6-10(11)8-4-5-18(7-8)12(19)13(15,16)17/h2-3,6,8H,4-5,7H2,1H3. The van der Waals surface area contributed by atoms with Gasteiger partial charge in [-0.15, -0.1) is 0 Å². The van der Waals surface area contributed by atoms with Crippen LogP contribution in [-0.2, 0) is 4.79 Å². The van der Waals surface area contributed by atoms with Crippen molar-refractivity contribution in [2.24, 2.45) is 0 Å². The van der Waals surface area contributed by atoms with E-state index in [1.807, 2.05) is 0 Å². The molecule has 1 heterocycles. The van der Waals surface area contributed by atoms with E-state index >= 15 is 0 Å². The monoisotopic (exact) mass is 307 g/mol. The highest BCUT2D eigenvalue weighted by atomic mass is 35.5. The first-order valence-corrected chi connectivity index (χ1v) is 6.40. The number of carbonyl (C=O) groups excluding carboxylic acids is 1. The van der Waals surface area contributed by atoms with E-state index in [1.165, 1.54) is 7.11 Å². The van der Waals surface area contributed by atoms with Crippen LogP contribution in [-0.4, -0.2) is 37.2 Å². The molecule has 1 aliphatic rings. The zero-order chi connectivity index (χ0) is 14.9. The summed E-state index contributed by atoms with van der Waals surface area (Å²) >= 11 is 5.91. The lowest BCUT2D eigenvalue weighted by atomic mass is 9.97. The Bertz CT molecular complexity index is 519. The molecule has 1 atom stereocenters. The van der Waals surface area contributed by atoms with Gasteiger partial charge < -0.3 is 9.64 Å². The van der Waals surface area contributed by atoms with Gasteiger partial charge in [0.1, 0.15) is 5.75 Å².